The van der Waals surface area contributed by atoms with Crippen molar-refractivity contribution in [2.24, 2.45) is 0 Å². The first-order valence-corrected chi connectivity index (χ1v) is 4.76. The number of carbonyl (C=O) groups is 1. The number of halogens is 1. The Morgan fingerprint density at radius 3 is 2.73 bits per heavy atom. The lowest BCUT2D eigenvalue weighted by Crippen LogP contribution is -2.06. The number of allylic oxidation sites excluding steroid dienone is 7. The van der Waals surface area contributed by atoms with E-state index >= 15 is 0 Å². The molecule has 2 rings (SSSR count). The molecule has 0 spiro atoms. The molecule has 0 saturated carbocycles. The van der Waals surface area contributed by atoms with E-state index in [4.69, 9.17) is 5.11 Å². The maximum atomic E-state index is 10.8. The second-order valence-electron chi connectivity index (χ2n) is 3.52. The highest BCUT2D eigenvalue weighted by Crippen LogP contribution is 2.28. The Bertz CT molecular complexity index is 386. The van der Waals surface area contributed by atoms with Crippen LogP contribution >= 0.6 is 12.4 Å². The van der Waals surface area contributed by atoms with E-state index in [9.17, 15) is 4.79 Å². The van der Waals surface area contributed by atoms with E-state index in [0.29, 0.717) is 12.0 Å². The molecule has 0 heterocycles. The topological polar surface area (TPSA) is 37.3 Å². The average Bonchev–Trinajstić information content (AvgIpc) is 2.41. The monoisotopic (exact) mass is 224 g/mol. The maximum absolute atomic E-state index is 10.8. The van der Waals surface area contributed by atoms with Crippen molar-refractivity contribution in [2.45, 2.75) is 19.3 Å². The smallest absolute Gasteiger partial charge is 0.331 e. The molecule has 0 radical (unpaired) electrons. The SMILES string of the molecule is Cl.O=C(O)C1=CC2=C(C=CC=CC2)CC1. The van der Waals surface area contributed by atoms with Gasteiger partial charge in [-0.3, -0.25) is 0 Å². The van der Waals surface area contributed by atoms with Gasteiger partial charge in [-0.05, 0) is 36.5 Å². The summed E-state index contributed by atoms with van der Waals surface area (Å²) in [4.78, 5) is 10.8. The molecule has 2 nitrogen and oxygen atoms in total. The van der Waals surface area contributed by atoms with Crippen molar-refractivity contribution in [2.75, 3.05) is 0 Å². The predicted molar refractivity (Wildman–Crippen MR) is 62.1 cm³/mol. The first-order valence-electron chi connectivity index (χ1n) is 4.76. The van der Waals surface area contributed by atoms with Crippen molar-refractivity contribution in [1.29, 1.82) is 0 Å². The van der Waals surface area contributed by atoms with Crippen LogP contribution in [0.1, 0.15) is 19.3 Å². The summed E-state index contributed by atoms with van der Waals surface area (Å²) in [6.45, 7) is 0. The van der Waals surface area contributed by atoms with Gasteiger partial charge in [-0.2, -0.15) is 0 Å². The molecular formula is C12H13ClO2. The fourth-order valence-corrected chi connectivity index (χ4v) is 1.80. The number of carboxylic acids is 1. The van der Waals surface area contributed by atoms with Crippen LogP contribution in [0.15, 0.2) is 47.1 Å². The predicted octanol–water partition coefficient (Wildman–Crippen LogP) is 3.03. The lowest BCUT2D eigenvalue weighted by atomic mass is 9.91. The van der Waals surface area contributed by atoms with E-state index in [0.717, 1.165) is 18.4 Å². The second kappa shape index (κ2) is 4.99. The van der Waals surface area contributed by atoms with Crippen molar-refractivity contribution >= 4 is 18.4 Å². The van der Waals surface area contributed by atoms with Gasteiger partial charge in [0.2, 0.25) is 0 Å². The lowest BCUT2D eigenvalue weighted by molar-refractivity contribution is -0.132. The zero-order chi connectivity index (χ0) is 9.97. The van der Waals surface area contributed by atoms with E-state index in [2.05, 4.69) is 12.2 Å². The first kappa shape index (κ1) is 11.8. The Kier molecular flexibility index (Phi) is 3.92. The summed E-state index contributed by atoms with van der Waals surface area (Å²) in [6.07, 6.45) is 12.3. The number of aliphatic carboxylic acids is 1. The Hall–Kier alpha value is -1.28. The van der Waals surface area contributed by atoms with Gasteiger partial charge < -0.3 is 5.11 Å². The average molecular weight is 225 g/mol. The minimum atomic E-state index is -0.784. The molecule has 0 aromatic rings. The molecule has 3 heteroatoms. The van der Waals surface area contributed by atoms with Crippen molar-refractivity contribution in [3.63, 3.8) is 0 Å². The molecule has 2 aliphatic rings. The normalized spacial score (nSPS) is 18.8. The number of hydrogen-bond acceptors (Lipinski definition) is 1. The van der Waals surface area contributed by atoms with Crippen LogP contribution in [-0.4, -0.2) is 11.1 Å². The van der Waals surface area contributed by atoms with Crippen molar-refractivity contribution in [3.05, 3.63) is 47.1 Å². The molecule has 1 N–H and O–H groups in total. The summed E-state index contributed by atoms with van der Waals surface area (Å²) in [6, 6.07) is 0. The summed E-state index contributed by atoms with van der Waals surface area (Å²) < 4.78 is 0. The standard InChI is InChI=1S/C12H12O2.ClH/c13-12(14)11-7-6-9-4-2-1-3-5-10(9)8-11;/h1-4,8H,5-7H2,(H,13,14);1H. The van der Waals surface area contributed by atoms with Crippen LogP contribution < -0.4 is 0 Å². The summed E-state index contributed by atoms with van der Waals surface area (Å²) in [5.41, 5.74) is 2.96. The fourth-order valence-electron chi connectivity index (χ4n) is 1.80. The highest BCUT2D eigenvalue weighted by atomic mass is 35.5. The number of hydrogen-bond donors (Lipinski definition) is 1. The third-order valence-electron chi connectivity index (χ3n) is 2.58. The lowest BCUT2D eigenvalue weighted by Gasteiger charge is -2.14. The molecule has 0 unspecified atom stereocenters. The van der Waals surface area contributed by atoms with Crippen molar-refractivity contribution < 1.29 is 9.90 Å². The second-order valence-corrected chi connectivity index (χ2v) is 3.52. The van der Waals surface area contributed by atoms with Gasteiger partial charge in [0.05, 0.1) is 0 Å². The molecular weight excluding hydrogens is 212 g/mol. The molecule has 15 heavy (non-hydrogen) atoms. The van der Waals surface area contributed by atoms with Gasteiger partial charge in [0.25, 0.3) is 0 Å². The third-order valence-corrected chi connectivity index (χ3v) is 2.58. The molecule has 0 fully saturated rings. The highest BCUT2D eigenvalue weighted by molar-refractivity contribution is 5.87. The van der Waals surface area contributed by atoms with Crippen LogP contribution in [0.4, 0.5) is 0 Å². The highest BCUT2D eigenvalue weighted by Gasteiger charge is 2.15. The van der Waals surface area contributed by atoms with Gasteiger partial charge >= 0.3 is 5.97 Å². The van der Waals surface area contributed by atoms with E-state index in [1.54, 1.807) is 0 Å². The Balaban J connectivity index is 0.00000112. The van der Waals surface area contributed by atoms with Gasteiger partial charge in [0.15, 0.2) is 0 Å². The summed E-state index contributed by atoms with van der Waals surface area (Å²) >= 11 is 0. The van der Waals surface area contributed by atoms with Crippen molar-refractivity contribution in [3.8, 4) is 0 Å². The summed E-state index contributed by atoms with van der Waals surface area (Å²) in [7, 11) is 0. The molecule has 80 valence electrons. The molecule has 0 aromatic heterocycles. The first-order chi connectivity index (χ1) is 6.77. The van der Waals surface area contributed by atoms with Gasteiger partial charge in [-0.1, -0.05) is 24.3 Å². The van der Waals surface area contributed by atoms with E-state index in [-0.39, 0.29) is 12.4 Å². The van der Waals surface area contributed by atoms with Crippen LogP contribution in [0.2, 0.25) is 0 Å². The quantitative estimate of drug-likeness (QED) is 0.744. The number of carboxylic acid groups (broad SMARTS) is 1. The van der Waals surface area contributed by atoms with Crippen LogP contribution in [0.5, 0.6) is 0 Å². The van der Waals surface area contributed by atoms with Gasteiger partial charge in [0.1, 0.15) is 0 Å². The van der Waals surface area contributed by atoms with Crippen LogP contribution in [0, 0.1) is 0 Å². The molecule has 0 saturated heterocycles. The third kappa shape index (κ3) is 2.60. The van der Waals surface area contributed by atoms with Gasteiger partial charge in [-0.25, -0.2) is 4.79 Å². The molecule has 0 amide bonds. The zero-order valence-electron chi connectivity index (χ0n) is 8.27. The minimum absolute atomic E-state index is 0. The Labute approximate surface area is 95.1 Å². The minimum Gasteiger partial charge on any atom is -0.478 e. The van der Waals surface area contributed by atoms with Crippen molar-refractivity contribution in [1.82, 2.24) is 0 Å². The van der Waals surface area contributed by atoms with E-state index in [1.165, 1.54) is 5.57 Å². The van der Waals surface area contributed by atoms with Crippen LogP contribution in [0.25, 0.3) is 0 Å². The van der Waals surface area contributed by atoms with Crippen LogP contribution in [0.3, 0.4) is 0 Å². The largest absolute Gasteiger partial charge is 0.478 e. The molecule has 0 aromatic carbocycles. The Morgan fingerprint density at radius 1 is 1.20 bits per heavy atom. The van der Waals surface area contributed by atoms with Crippen LogP contribution in [-0.2, 0) is 4.79 Å². The zero-order valence-corrected chi connectivity index (χ0v) is 9.09. The molecule has 0 atom stereocenters. The summed E-state index contributed by atoms with van der Waals surface area (Å²) in [5.74, 6) is -0.784. The Morgan fingerprint density at radius 2 is 2.00 bits per heavy atom. The summed E-state index contributed by atoms with van der Waals surface area (Å²) in [5, 5.41) is 8.87. The molecule has 0 bridgehead atoms. The molecule has 0 aliphatic heterocycles. The van der Waals surface area contributed by atoms with E-state index < -0.39 is 5.97 Å². The van der Waals surface area contributed by atoms with Gasteiger partial charge in [-0.15, -0.1) is 12.4 Å². The molecule has 2 aliphatic carbocycles. The van der Waals surface area contributed by atoms with Gasteiger partial charge in [0, 0.05) is 5.57 Å². The van der Waals surface area contributed by atoms with E-state index in [1.807, 2.05) is 18.2 Å². The number of rotatable bonds is 1. The maximum Gasteiger partial charge on any atom is 0.331 e. The fraction of sp³-hybridized carbons (Fsp3) is 0.250.